The number of carbonyl (C=O) groups excluding carboxylic acids is 12. The number of aryl methyl sites for hydroxylation is 1. The summed E-state index contributed by atoms with van der Waals surface area (Å²) in [5.74, 6) is 22.9. The molecule has 0 spiro atoms. The van der Waals surface area contributed by atoms with Gasteiger partial charge in [0.2, 0.25) is 22.2 Å². The van der Waals surface area contributed by atoms with E-state index in [0.717, 1.165) is 61.0 Å². The van der Waals surface area contributed by atoms with Crippen LogP contribution in [0.25, 0.3) is 44.1 Å². The number of urea groups is 4. The molecule has 7 aromatic carbocycles. The van der Waals surface area contributed by atoms with E-state index in [9.17, 15) is 62.3 Å². The van der Waals surface area contributed by atoms with E-state index in [2.05, 4.69) is 135 Å². The minimum atomic E-state index is -1.64. The summed E-state index contributed by atoms with van der Waals surface area (Å²) in [6.45, 7) is 2.65. The number of aromatic amines is 5. The number of rotatable bonds is 12. The molecule has 38 heteroatoms. The average Bonchev–Trinajstić information content (AvgIpc) is 1.63. The van der Waals surface area contributed by atoms with E-state index in [1.54, 1.807) is 97.5 Å². The van der Waals surface area contributed by atoms with Crippen molar-refractivity contribution in [3.05, 3.63) is 235 Å². The van der Waals surface area contributed by atoms with Crippen molar-refractivity contribution in [2.45, 2.75) is 55.3 Å². The molecule has 0 radical (unpaired) electrons. The number of imide groups is 4. The number of ether oxygens (including phenoxy) is 4. The summed E-state index contributed by atoms with van der Waals surface area (Å²) in [6.07, 6.45) is 4.66. The largest absolute Gasteiger partial charge is 0.497 e. The molecule has 8 aliphatic heterocycles. The van der Waals surface area contributed by atoms with Crippen LogP contribution in [0.5, 0.6) is 23.0 Å². The number of methoxy groups -OCH3 is 4. The van der Waals surface area contributed by atoms with Crippen molar-refractivity contribution in [2.24, 2.45) is 0 Å². The maximum atomic E-state index is 13.0. The lowest BCUT2D eigenvalue weighted by atomic mass is 9.98. The highest BCUT2D eigenvalue weighted by atomic mass is 16.5. The number of aromatic nitrogens is 9. The predicted octanol–water partition coefficient (Wildman–Crippen LogP) is 3.63. The molecular formula is C88H69N21O17. The molecule has 0 aliphatic carbocycles. The number of hydrogen-bond donors (Lipinski definition) is 13. The van der Waals surface area contributed by atoms with Gasteiger partial charge in [0.1, 0.15) is 28.8 Å². The Morgan fingerprint density at radius 3 is 1.20 bits per heavy atom. The molecule has 12 aromatic rings. The van der Waals surface area contributed by atoms with E-state index >= 15 is 0 Å². The van der Waals surface area contributed by atoms with Gasteiger partial charge in [-0.05, 0) is 132 Å². The van der Waals surface area contributed by atoms with Crippen molar-refractivity contribution in [3.8, 4) is 70.4 Å². The molecule has 4 atom stereocenters. The Morgan fingerprint density at radius 2 is 0.786 bits per heavy atom. The number of carbonyl (C=O) groups is 12. The Kier molecular flexibility index (Phi) is 20.7. The van der Waals surface area contributed by atoms with Crippen LogP contribution >= 0.6 is 0 Å². The fraction of sp³-hybridized carbons (Fsp3) is 0.193. The van der Waals surface area contributed by atoms with Gasteiger partial charge in [0.25, 0.3) is 47.3 Å². The fourth-order valence-corrected chi connectivity index (χ4v) is 15.5. The third kappa shape index (κ3) is 15.6. The number of nitrogens with zero attached hydrogens (tertiary/aromatic N) is 8. The van der Waals surface area contributed by atoms with Gasteiger partial charge in [-0.15, -0.1) is 0 Å². The van der Waals surface area contributed by atoms with Crippen LogP contribution < -0.4 is 67.2 Å². The zero-order chi connectivity index (χ0) is 88.1. The second-order valence-electron chi connectivity index (χ2n) is 30.0. The maximum Gasteiger partial charge on any atom is 0.325 e. The SMILES string of the molecule is COc1ccc2c(c1)C(=O)N(C[C@@]1(C#Cc3ccc4nc(C)[nH]c4c3)NC(=O)NC1=O)C2.COc1ccc2c(c1)C(=O)N(C[C@@]1(C#Cc3ccc4nc[nH]c4c3)NC(=O)NC1=O)C2.COc1ccc2c(c1)C(=O)N(C[C@@]1(C#Cc3cccc4[nH]ncc34)NC(=O)NC1=O)C2.COc1ccc2c(c1)C(=O)N(C[C@@]1(C#Cc3cnc4[nH]c(=O)[nH]c4c3)NC(=O)NC1=O)C2. The summed E-state index contributed by atoms with van der Waals surface area (Å²) in [4.78, 5) is 192. The molecule has 628 valence electrons. The van der Waals surface area contributed by atoms with Gasteiger partial charge in [-0.1, -0.05) is 77.7 Å². The molecule has 4 fully saturated rings. The standard InChI is InChI=1S/C23H19N5O4.2C22H17N5O4.C21H16N6O5/c1-13-24-18-6-3-14(9-19(18)25-13)7-8-23(21(30)26-22(31)27-23)12-28-11-15-4-5-16(32-2)10-17(15)20(28)29;1-31-15-4-3-14-10-27(19(28)16(14)9-15)11-22(20(29)25-21(30)26-22)7-6-13-2-5-17-18(8-13)24-12-23-17;1-31-15-6-5-14-11-27(19(28)16(14)9-15)12-22(20(29)24-21(30)25-22)8-7-13-3-2-4-18-17(13)10-23-26-18;1-32-13-3-2-12-9-27(17(28)14(12)7-13)10-21(18(29)25-20(31)26-21)5-4-11-6-15-16(22-8-11)24-19(30)23-15/h3-6,9-10H,11-12H2,1-2H3,(H,24,25)(H2,26,27,30,31);2-5,8-9,12H,10-11H2,1H3,(H,23,24)(H2,25,26,29,30);2-6,9-10H,11-12H2,1H3,(H,23,26)(H2,24,25,29,30);2-3,6-8H,9-10H2,1H3,(H2,22,23,24,30)(H2,25,26,29,31)/t23-;2*22-;21-/m1111/s1. The lowest BCUT2D eigenvalue weighted by molar-refractivity contribution is -0.123. The summed E-state index contributed by atoms with van der Waals surface area (Å²) in [7, 11) is 6.10. The van der Waals surface area contributed by atoms with Crippen LogP contribution in [0.4, 0.5) is 19.2 Å². The van der Waals surface area contributed by atoms with Crippen LogP contribution in [0, 0.1) is 54.3 Å². The van der Waals surface area contributed by atoms with Crippen LogP contribution in [0.15, 0.2) is 157 Å². The van der Waals surface area contributed by atoms with Crippen LogP contribution in [0.2, 0.25) is 0 Å². The van der Waals surface area contributed by atoms with Gasteiger partial charge in [-0.3, -0.25) is 69.7 Å². The summed E-state index contributed by atoms with van der Waals surface area (Å²) in [5, 5.41) is 27.0. The second-order valence-corrected chi connectivity index (χ2v) is 30.0. The first-order valence-electron chi connectivity index (χ1n) is 38.6. The zero-order valence-corrected chi connectivity index (χ0v) is 67.1. The molecular weight excluding hydrogens is 1620 g/mol. The van der Waals surface area contributed by atoms with Gasteiger partial charge in [0, 0.05) is 82.3 Å². The summed E-state index contributed by atoms with van der Waals surface area (Å²) in [5.41, 5.74) is 5.77. The van der Waals surface area contributed by atoms with E-state index in [1.807, 2.05) is 55.5 Å². The Morgan fingerprint density at radius 1 is 0.389 bits per heavy atom. The van der Waals surface area contributed by atoms with Crippen LogP contribution in [-0.2, 0) is 45.4 Å². The molecule has 0 bridgehead atoms. The highest BCUT2D eigenvalue weighted by molar-refractivity contribution is 6.13. The minimum Gasteiger partial charge on any atom is -0.497 e. The van der Waals surface area contributed by atoms with E-state index in [0.29, 0.717) is 98.3 Å². The highest BCUT2D eigenvalue weighted by Gasteiger charge is 2.53. The van der Waals surface area contributed by atoms with Crippen molar-refractivity contribution in [3.63, 3.8) is 0 Å². The molecule has 16 amide bonds. The van der Waals surface area contributed by atoms with Crippen LogP contribution in [-0.4, -0.2) is 213 Å². The van der Waals surface area contributed by atoms with E-state index in [1.165, 1.54) is 54.2 Å². The number of benzene rings is 7. The van der Waals surface area contributed by atoms with Gasteiger partial charge < -0.3 is 74.8 Å². The van der Waals surface area contributed by atoms with Crippen molar-refractivity contribution in [2.75, 3.05) is 54.6 Å². The van der Waals surface area contributed by atoms with Crippen molar-refractivity contribution >= 4 is 116 Å². The average molecular weight is 1690 g/mol. The van der Waals surface area contributed by atoms with Crippen molar-refractivity contribution in [1.82, 2.24) is 107 Å². The van der Waals surface area contributed by atoms with Crippen LogP contribution in [0.1, 0.15) is 91.8 Å². The lowest BCUT2D eigenvalue weighted by Gasteiger charge is -2.26. The molecule has 4 saturated heterocycles. The molecule has 8 aliphatic rings. The number of hydrogen-bond acceptors (Lipinski definition) is 21. The maximum absolute atomic E-state index is 13.0. The smallest absolute Gasteiger partial charge is 0.325 e. The second kappa shape index (κ2) is 32.2. The van der Waals surface area contributed by atoms with Crippen LogP contribution in [0.3, 0.4) is 0 Å². The Balaban J connectivity index is 0.000000119. The lowest BCUT2D eigenvalue weighted by Crippen LogP contribution is -2.54. The minimum absolute atomic E-state index is 0.0836. The first-order valence-corrected chi connectivity index (χ1v) is 38.6. The zero-order valence-electron chi connectivity index (χ0n) is 67.1. The van der Waals surface area contributed by atoms with Gasteiger partial charge >= 0.3 is 29.8 Å². The summed E-state index contributed by atoms with van der Waals surface area (Å²) < 4.78 is 20.8. The molecule has 126 heavy (non-hydrogen) atoms. The predicted molar refractivity (Wildman–Crippen MR) is 446 cm³/mol. The topological polar surface area (TPSA) is 499 Å². The van der Waals surface area contributed by atoms with Crippen molar-refractivity contribution < 1.29 is 76.5 Å². The molecule has 0 unspecified atom stereocenters. The van der Waals surface area contributed by atoms with Gasteiger partial charge in [-0.25, -0.2) is 38.9 Å². The Hall–Kier alpha value is -17.6. The molecule has 20 rings (SSSR count). The van der Waals surface area contributed by atoms with E-state index in [4.69, 9.17) is 18.9 Å². The number of H-pyrrole nitrogens is 5. The number of imidazole rings is 3. The summed E-state index contributed by atoms with van der Waals surface area (Å²) >= 11 is 0. The van der Waals surface area contributed by atoms with Crippen molar-refractivity contribution in [1.29, 1.82) is 0 Å². The number of fused-ring (bicyclic) bond motifs is 8. The molecule has 0 saturated carbocycles. The number of nitrogens with one attached hydrogen (secondary N) is 13. The van der Waals surface area contributed by atoms with Gasteiger partial charge in [0.15, 0.2) is 5.65 Å². The first-order chi connectivity index (χ1) is 60.7. The monoisotopic (exact) mass is 1690 g/mol. The Labute approximate surface area is 711 Å². The Bertz CT molecular complexity index is 7100. The first kappa shape index (κ1) is 80.8. The molecule has 38 nitrogen and oxygen atoms in total. The van der Waals surface area contributed by atoms with E-state index in [-0.39, 0.29) is 56.4 Å². The third-order valence-corrected chi connectivity index (χ3v) is 21.8. The molecule has 13 N–H and O–H groups in total. The summed E-state index contributed by atoms with van der Waals surface area (Å²) in [6, 6.07) is 36.3. The van der Waals surface area contributed by atoms with Gasteiger partial charge in [-0.2, -0.15) is 5.10 Å². The third-order valence-electron chi connectivity index (χ3n) is 21.8. The van der Waals surface area contributed by atoms with E-state index < -0.39 is 75.6 Å². The van der Waals surface area contributed by atoms with Gasteiger partial charge in [0.05, 0.1) is 100 Å². The number of amides is 16. The molecule has 5 aromatic heterocycles. The normalized spacial score (nSPS) is 19.5. The fourth-order valence-electron chi connectivity index (χ4n) is 15.5. The quantitative estimate of drug-likeness (QED) is 0.0613. The molecule has 13 heterocycles. The highest BCUT2D eigenvalue weighted by Crippen LogP contribution is 2.35. The number of pyridine rings is 1.